The molecular weight excluding hydrogens is 248 g/mol. The maximum absolute atomic E-state index is 5.97. The molecule has 2 aromatic rings. The van der Waals surface area contributed by atoms with E-state index in [0.717, 1.165) is 17.9 Å². The first kappa shape index (κ1) is 12.9. The number of nitrogens with zero attached hydrogens (tertiary/aromatic N) is 3. The van der Waals surface area contributed by atoms with E-state index in [-0.39, 0.29) is 0 Å². The second-order valence-electron chi connectivity index (χ2n) is 5.38. The highest BCUT2D eigenvalue weighted by Gasteiger charge is 2.20. The van der Waals surface area contributed by atoms with E-state index in [1.165, 1.54) is 19.3 Å². The van der Waals surface area contributed by atoms with E-state index in [0.29, 0.717) is 17.7 Å². The molecule has 2 heterocycles. The summed E-state index contributed by atoms with van der Waals surface area (Å²) in [6, 6.07) is 12.4. The van der Waals surface area contributed by atoms with Crippen LogP contribution in [0.5, 0.6) is 0 Å². The molecule has 0 amide bonds. The number of aromatic nitrogens is 2. The van der Waals surface area contributed by atoms with Crippen LogP contribution in [-0.2, 0) is 0 Å². The van der Waals surface area contributed by atoms with E-state index in [1.54, 1.807) is 0 Å². The van der Waals surface area contributed by atoms with Crippen molar-refractivity contribution < 1.29 is 0 Å². The minimum absolute atomic E-state index is 0.515. The summed E-state index contributed by atoms with van der Waals surface area (Å²) in [6.45, 7) is 3.30. The highest BCUT2D eigenvalue weighted by molar-refractivity contribution is 5.61. The number of benzene rings is 1. The molecular formula is C16H20N4. The highest BCUT2D eigenvalue weighted by Crippen LogP contribution is 2.26. The Labute approximate surface area is 119 Å². The third kappa shape index (κ3) is 2.59. The van der Waals surface area contributed by atoms with Crippen LogP contribution in [0, 0.1) is 0 Å². The molecule has 0 bridgehead atoms. The lowest BCUT2D eigenvalue weighted by molar-refractivity contribution is 0.481. The lowest BCUT2D eigenvalue weighted by Gasteiger charge is -2.34. The molecule has 104 valence electrons. The van der Waals surface area contributed by atoms with Gasteiger partial charge in [0.15, 0.2) is 5.82 Å². The normalized spacial score (nSPS) is 19.1. The monoisotopic (exact) mass is 268 g/mol. The highest BCUT2D eigenvalue weighted by atomic mass is 15.2. The van der Waals surface area contributed by atoms with Crippen molar-refractivity contribution in [2.24, 2.45) is 0 Å². The number of piperidine rings is 1. The predicted octanol–water partition coefficient (Wildman–Crippen LogP) is 3.10. The molecule has 4 heteroatoms. The Bertz CT molecular complexity index is 582. The summed E-state index contributed by atoms with van der Waals surface area (Å²) in [5, 5.41) is 0. The molecule has 1 unspecified atom stereocenters. The van der Waals surface area contributed by atoms with E-state index in [9.17, 15) is 0 Å². The van der Waals surface area contributed by atoms with Gasteiger partial charge in [-0.2, -0.15) is 0 Å². The van der Waals surface area contributed by atoms with Crippen LogP contribution in [0.3, 0.4) is 0 Å². The topological polar surface area (TPSA) is 55.0 Å². The largest absolute Gasteiger partial charge is 0.384 e. The maximum Gasteiger partial charge on any atom is 0.163 e. The second kappa shape index (κ2) is 5.49. The van der Waals surface area contributed by atoms with Crippen LogP contribution in [0.15, 0.2) is 36.4 Å². The van der Waals surface area contributed by atoms with Gasteiger partial charge in [0.05, 0.1) is 0 Å². The lowest BCUT2D eigenvalue weighted by Crippen LogP contribution is -2.38. The lowest BCUT2D eigenvalue weighted by atomic mass is 10.0. The van der Waals surface area contributed by atoms with Gasteiger partial charge in [0.1, 0.15) is 11.6 Å². The molecule has 1 aliphatic heterocycles. The molecule has 0 aliphatic carbocycles. The van der Waals surface area contributed by atoms with Crippen LogP contribution >= 0.6 is 0 Å². The molecule has 1 atom stereocenters. The molecule has 3 rings (SSSR count). The first-order valence-corrected chi connectivity index (χ1v) is 7.20. The summed E-state index contributed by atoms with van der Waals surface area (Å²) in [5.41, 5.74) is 6.98. The minimum atomic E-state index is 0.515. The Morgan fingerprint density at radius 1 is 1.15 bits per heavy atom. The van der Waals surface area contributed by atoms with E-state index < -0.39 is 0 Å². The quantitative estimate of drug-likeness (QED) is 0.909. The van der Waals surface area contributed by atoms with Crippen molar-refractivity contribution in [2.75, 3.05) is 17.2 Å². The fourth-order valence-electron chi connectivity index (χ4n) is 2.75. The van der Waals surface area contributed by atoms with Crippen molar-refractivity contribution in [1.82, 2.24) is 9.97 Å². The van der Waals surface area contributed by atoms with Gasteiger partial charge in [0.25, 0.3) is 0 Å². The number of nitrogen functional groups attached to an aromatic ring is 1. The molecule has 1 fully saturated rings. The molecule has 1 aromatic heterocycles. The van der Waals surface area contributed by atoms with Gasteiger partial charge in [-0.3, -0.25) is 0 Å². The SMILES string of the molecule is CC1CCCCN1c1cc(N)nc(-c2ccccc2)n1. The maximum atomic E-state index is 5.97. The molecule has 0 saturated carbocycles. The third-order valence-electron chi connectivity index (χ3n) is 3.86. The van der Waals surface area contributed by atoms with Gasteiger partial charge in [-0.1, -0.05) is 30.3 Å². The fraction of sp³-hybridized carbons (Fsp3) is 0.375. The van der Waals surface area contributed by atoms with E-state index in [4.69, 9.17) is 10.7 Å². The van der Waals surface area contributed by atoms with Crippen molar-refractivity contribution in [1.29, 1.82) is 0 Å². The van der Waals surface area contributed by atoms with Gasteiger partial charge < -0.3 is 10.6 Å². The first-order chi connectivity index (χ1) is 9.74. The zero-order valence-corrected chi connectivity index (χ0v) is 11.8. The molecule has 1 saturated heterocycles. The molecule has 0 radical (unpaired) electrons. The van der Waals surface area contributed by atoms with Crippen LogP contribution in [0.4, 0.5) is 11.6 Å². The van der Waals surface area contributed by atoms with Gasteiger partial charge in [0.2, 0.25) is 0 Å². The summed E-state index contributed by atoms with van der Waals surface area (Å²) in [5.74, 6) is 2.19. The number of nitrogens with two attached hydrogens (primary N) is 1. The zero-order chi connectivity index (χ0) is 13.9. The van der Waals surface area contributed by atoms with Crippen molar-refractivity contribution in [2.45, 2.75) is 32.2 Å². The second-order valence-corrected chi connectivity index (χ2v) is 5.38. The summed E-state index contributed by atoms with van der Waals surface area (Å²) < 4.78 is 0. The van der Waals surface area contributed by atoms with Crippen LogP contribution in [0.1, 0.15) is 26.2 Å². The Kier molecular flexibility index (Phi) is 3.54. The number of hydrogen-bond donors (Lipinski definition) is 1. The van der Waals surface area contributed by atoms with Crippen LogP contribution in [0.2, 0.25) is 0 Å². The number of rotatable bonds is 2. The average Bonchev–Trinajstić information content (AvgIpc) is 2.48. The molecule has 20 heavy (non-hydrogen) atoms. The van der Waals surface area contributed by atoms with Gasteiger partial charge >= 0.3 is 0 Å². The Morgan fingerprint density at radius 2 is 1.95 bits per heavy atom. The molecule has 1 aromatic carbocycles. The Hall–Kier alpha value is -2.10. The van der Waals surface area contributed by atoms with E-state index in [2.05, 4.69) is 16.8 Å². The number of hydrogen-bond acceptors (Lipinski definition) is 4. The van der Waals surface area contributed by atoms with Gasteiger partial charge in [-0.05, 0) is 26.2 Å². The summed E-state index contributed by atoms with van der Waals surface area (Å²) in [6.07, 6.45) is 3.73. The molecule has 1 aliphatic rings. The van der Waals surface area contributed by atoms with Gasteiger partial charge in [-0.25, -0.2) is 9.97 Å². The van der Waals surface area contributed by atoms with E-state index in [1.807, 2.05) is 36.4 Å². The van der Waals surface area contributed by atoms with Crippen molar-refractivity contribution >= 4 is 11.6 Å². The van der Waals surface area contributed by atoms with Crippen molar-refractivity contribution in [3.63, 3.8) is 0 Å². The summed E-state index contributed by atoms with van der Waals surface area (Å²) in [7, 11) is 0. The fourth-order valence-corrected chi connectivity index (χ4v) is 2.75. The van der Waals surface area contributed by atoms with Crippen molar-refractivity contribution in [3.05, 3.63) is 36.4 Å². The van der Waals surface area contributed by atoms with Gasteiger partial charge in [-0.15, -0.1) is 0 Å². The van der Waals surface area contributed by atoms with Crippen LogP contribution in [-0.4, -0.2) is 22.6 Å². The Balaban J connectivity index is 1.98. The van der Waals surface area contributed by atoms with Gasteiger partial charge in [0, 0.05) is 24.2 Å². The van der Waals surface area contributed by atoms with Crippen LogP contribution in [0.25, 0.3) is 11.4 Å². The summed E-state index contributed by atoms with van der Waals surface area (Å²) >= 11 is 0. The zero-order valence-electron chi connectivity index (χ0n) is 11.8. The average molecular weight is 268 g/mol. The predicted molar refractivity (Wildman–Crippen MR) is 82.5 cm³/mol. The number of anilines is 2. The minimum Gasteiger partial charge on any atom is -0.384 e. The standard InChI is InChI=1S/C16H20N4/c1-12-7-5-6-10-20(12)15-11-14(17)18-16(19-15)13-8-3-2-4-9-13/h2-4,8-9,11-12H,5-7,10H2,1H3,(H2,17,18,19). The first-order valence-electron chi connectivity index (χ1n) is 7.20. The smallest absolute Gasteiger partial charge is 0.163 e. The third-order valence-corrected chi connectivity index (χ3v) is 3.86. The molecule has 2 N–H and O–H groups in total. The van der Waals surface area contributed by atoms with Crippen molar-refractivity contribution in [3.8, 4) is 11.4 Å². The molecule has 4 nitrogen and oxygen atoms in total. The van der Waals surface area contributed by atoms with E-state index >= 15 is 0 Å². The Morgan fingerprint density at radius 3 is 2.70 bits per heavy atom. The van der Waals surface area contributed by atoms with Crippen LogP contribution < -0.4 is 10.6 Å². The summed E-state index contributed by atoms with van der Waals surface area (Å²) in [4.78, 5) is 11.4. The molecule has 0 spiro atoms.